The summed E-state index contributed by atoms with van der Waals surface area (Å²) in [7, 11) is 1.32. The number of rotatable bonds is 5. The summed E-state index contributed by atoms with van der Waals surface area (Å²) in [5.74, 6) is -1.66. The van der Waals surface area contributed by atoms with Gasteiger partial charge < -0.3 is 14.8 Å². The number of ether oxygens (including phenoxy) is 2. The summed E-state index contributed by atoms with van der Waals surface area (Å²) in [5.41, 5.74) is 3.55. The van der Waals surface area contributed by atoms with Crippen molar-refractivity contribution in [1.82, 2.24) is 5.32 Å². The molecule has 0 amide bonds. The molecule has 6 heteroatoms. The summed E-state index contributed by atoms with van der Waals surface area (Å²) in [6.07, 6.45) is 0. The van der Waals surface area contributed by atoms with Gasteiger partial charge in [-0.15, -0.1) is 0 Å². The van der Waals surface area contributed by atoms with Crippen LogP contribution in [0, 0.1) is 0 Å². The van der Waals surface area contributed by atoms with E-state index in [1.54, 1.807) is 32.0 Å². The van der Waals surface area contributed by atoms with Gasteiger partial charge in [0.05, 0.1) is 24.2 Å². The first-order valence-electron chi connectivity index (χ1n) is 9.15. The van der Waals surface area contributed by atoms with Gasteiger partial charge in [0.1, 0.15) is 6.61 Å². The van der Waals surface area contributed by atoms with Crippen LogP contribution in [0.5, 0.6) is 0 Å². The highest BCUT2D eigenvalue weighted by Gasteiger charge is 2.37. The minimum absolute atomic E-state index is 0.134. The molecule has 0 bridgehead atoms. The van der Waals surface area contributed by atoms with E-state index in [1.807, 2.05) is 36.4 Å². The van der Waals surface area contributed by atoms with Crippen molar-refractivity contribution in [3.8, 4) is 0 Å². The van der Waals surface area contributed by atoms with E-state index in [1.165, 1.54) is 7.11 Å². The number of methoxy groups -OCH3 is 1. The lowest BCUT2D eigenvalue weighted by Crippen LogP contribution is -2.32. The maximum atomic E-state index is 13.1. The number of allylic oxidation sites excluding steroid dienone is 2. The standard InChI is InChI=1S/C23H22ClNO4/c1-14-19(22(26)28-3)21(17-10-7-11-18(24)12-17)20(15(2)25-14)23(27)29-13-16-8-5-4-6-9-16/h4-12,21,25H,13H2,1-3H3/t21-/m0/s1. The van der Waals surface area contributed by atoms with Gasteiger partial charge in [-0.05, 0) is 37.1 Å². The van der Waals surface area contributed by atoms with Gasteiger partial charge in [-0.3, -0.25) is 0 Å². The van der Waals surface area contributed by atoms with Gasteiger partial charge >= 0.3 is 11.9 Å². The fourth-order valence-corrected chi connectivity index (χ4v) is 3.66. The van der Waals surface area contributed by atoms with Crippen molar-refractivity contribution in [2.24, 2.45) is 0 Å². The molecule has 1 N–H and O–H groups in total. The largest absolute Gasteiger partial charge is 0.466 e. The lowest BCUT2D eigenvalue weighted by atomic mass is 9.80. The van der Waals surface area contributed by atoms with Gasteiger partial charge in [-0.1, -0.05) is 54.1 Å². The zero-order chi connectivity index (χ0) is 21.0. The molecule has 0 fully saturated rings. The molecule has 29 heavy (non-hydrogen) atoms. The number of hydrogen-bond acceptors (Lipinski definition) is 5. The van der Waals surface area contributed by atoms with Crippen molar-refractivity contribution in [2.75, 3.05) is 7.11 Å². The Morgan fingerprint density at radius 2 is 1.62 bits per heavy atom. The number of carbonyl (C=O) groups excluding carboxylic acids is 2. The fourth-order valence-electron chi connectivity index (χ4n) is 3.47. The van der Waals surface area contributed by atoms with Crippen LogP contribution in [0.2, 0.25) is 5.02 Å². The Hall–Kier alpha value is -3.05. The number of nitrogens with one attached hydrogen (secondary N) is 1. The molecule has 2 aromatic rings. The third-order valence-corrected chi connectivity index (χ3v) is 5.02. The van der Waals surface area contributed by atoms with E-state index >= 15 is 0 Å². The zero-order valence-corrected chi connectivity index (χ0v) is 17.2. The third kappa shape index (κ3) is 4.51. The molecule has 1 aliphatic rings. The van der Waals surface area contributed by atoms with Crippen molar-refractivity contribution in [2.45, 2.75) is 26.4 Å². The van der Waals surface area contributed by atoms with E-state index in [-0.39, 0.29) is 6.61 Å². The third-order valence-electron chi connectivity index (χ3n) is 4.78. The topological polar surface area (TPSA) is 64.6 Å². The monoisotopic (exact) mass is 411 g/mol. The number of carbonyl (C=O) groups is 2. The van der Waals surface area contributed by atoms with Gasteiger partial charge in [-0.25, -0.2) is 9.59 Å². The molecule has 5 nitrogen and oxygen atoms in total. The van der Waals surface area contributed by atoms with Crippen LogP contribution in [-0.4, -0.2) is 19.0 Å². The second kappa shape index (κ2) is 8.97. The van der Waals surface area contributed by atoms with E-state index in [2.05, 4.69) is 5.32 Å². The molecule has 3 rings (SSSR count). The first-order chi connectivity index (χ1) is 13.9. The van der Waals surface area contributed by atoms with Crippen LogP contribution < -0.4 is 5.32 Å². The molecule has 0 radical (unpaired) electrons. The van der Waals surface area contributed by atoms with Crippen LogP contribution in [0.1, 0.15) is 30.9 Å². The average Bonchev–Trinajstić information content (AvgIpc) is 2.71. The minimum atomic E-state index is -0.648. The SMILES string of the molecule is COC(=O)C1=C(C)NC(C)=C(C(=O)OCc2ccccc2)[C@H]1c1cccc(Cl)c1. The van der Waals surface area contributed by atoms with Crippen molar-refractivity contribution in [3.63, 3.8) is 0 Å². The number of benzene rings is 2. The Balaban J connectivity index is 2.01. The van der Waals surface area contributed by atoms with Crippen LogP contribution in [0.3, 0.4) is 0 Å². The smallest absolute Gasteiger partial charge is 0.337 e. The van der Waals surface area contributed by atoms with Crippen LogP contribution in [0.25, 0.3) is 0 Å². The lowest BCUT2D eigenvalue weighted by molar-refractivity contribution is -0.140. The molecule has 0 spiro atoms. The molecule has 0 aliphatic carbocycles. The molecule has 1 atom stereocenters. The van der Waals surface area contributed by atoms with Crippen LogP contribution in [0.15, 0.2) is 77.1 Å². The van der Waals surface area contributed by atoms with Gasteiger partial charge in [0.2, 0.25) is 0 Å². The van der Waals surface area contributed by atoms with E-state index in [0.717, 1.165) is 5.56 Å². The molecule has 0 saturated carbocycles. The Morgan fingerprint density at radius 3 is 2.24 bits per heavy atom. The highest BCUT2D eigenvalue weighted by Crippen LogP contribution is 2.39. The second-order valence-electron chi connectivity index (χ2n) is 6.74. The van der Waals surface area contributed by atoms with Gasteiger partial charge in [0, 0.05) is 16.4 Å². The van der Waals surface area contributed by atoms with Crippen LogP contribution in [-0.2, 0) is 25.7 Å². The van der Waals surface area contributed by atoms with Gasteiger partial charge in [-0.2, -0.15) is 0 Å². The minimum Gasteiger partial charge on any atom is -0.466 e. The van der Waals surface area contributed by atoms with Crippen LogP contribution >= 0.6 is 11.6 Å². The summed E-state index contributed by atoms with van der Waals surface area (Å²) in [6.45, 7) is 3.70. The number of halogens is 1. The molecular formula is C23H22ClNO4. The zero-order valence-electron chi connectivity index (χ0n) is 16.5. The van der Waals surface area contributed by atoms with Crippen molar-refractivity contribution >= 4 is 23.5 Å². The Kier molecular flexibility index (Phi) is 6.39. The molecule has 0 saturated heterocycles. The predicted octanol–water partition coefficient (Wildman–Crippen LogP) is 4.49. The lowest BCUT2D eigenvalue weighted by Gasteiger charge is -2.30. The second-order valence-corrected chi connectivity index (χ2v) is 7.18. The highest BCUT2D eigenvalue weighted by atomic mass is 35.5. The molecule has 2 aromatic carbocycles. The first kappa shape index (κ1) is 20.7. The predicted molar refractivity (Wildman–Crippen MR) is 111 cm³/mol. The molecular weight excluding hydrogens is 390 g/mol. The quantitative estimate of drug-likeness (QED) is 0.734. The Labute approximate surface area is 175 Å². The molecule has 1 aliphatic heterocycles. The first-order valence-corrected chi connectivity index (χ1v) is 9.53. The normalized spacial score (nSPS) is 16.3. The molecule has 0 unspecified atom stereocenters. The summed E-state index contributed by atoms with van der Waals surface area (Å²) in [4.78, 5) is 25.7. The highest BCUT2D eigenvalue weighted by molar-refractivity contribution is 6.30. The van der Waals surface area contributed by atoms with Crippen LogP contribution in [0.4, 0.5) is 0 Å². The van der Waals surface area contributed by atoms with Crippen molar-refractivity contribution in [1.29, 1.82) is 0 Å². The van der Waals surface area contributed by atoms with Crippen molar-refractivity contribution in [3.05, 3.63) is 93.3 Å². The van der Waals surface area contributed by atoms with E-state index in [0.29, 0.717) is 33.1 Å². The summed E-state index contributed by atoms with van der Waals surface area (Å²) >= 11 is 6.19. The molecule has 1 heterocycles. The van der Waals surface area contributed by atoms with Gasteiger partial charge in [0.15, 0.2) is 0 Å². The number of hydrogen-bond donors (Lipinski definition) is 1. The summed E-state index contributed by atoms with van der Waals surface area (Å²) in [6, 6.07) is 16.5. The van der Waals surface area contributed by atoms with E-state index in [9.17, 15) is 9.59 Å². The van der Waals surface area contributed by atoms with Gasteiger partial charge in [0.25, 0.3) is 0 Å². The van der Waals surface area contributed by atoms with Crippen molar-refractivity contribution < 1.29 is 19.1 Å². The number of dihydropyridines is 1. The molecule has 150 valence electrons. The Bertz CT molecular complexity index is 995. The fraction of sp³-hybridized carbons (Fsp3) is 0.217. The Morgan fingerprint density at radius 1 is 0.966 bits per heavy atom. The molecule has 0 aromatic heterocycles. The van der Waals surface area contributed by atoms with E-state index < -0.39 is 17.9 Å². The maximum Gasteiger partial charge on any atom is 0.337 e. The maximum absolute atomic E-state index is 13.1. The van der Waals surface area contributed by atoms with E-state index in [4.69, 9.17) is 21.1 Å². The number of esters is 2. The summed E-state index contributed by atoms with van der Waals surface area (Å²) < 4.78 is 10.6. The average molecular weight is 412 g/mol. The summed E-state index contributed by atoms with van der Waals surface area (Å²) in [5, 5.41) is 3.62.